The van der Waals surface area contributed by atoms with Crippen LogP contribution in [-0.2, 0) is 9.53 Å². The Kier molecular flexibility index (Phi) is 7.83. The average molecular weight is 362 g/mol. The number of hydrogen-bond acceptors (Lipinski definition) is 5. The topological polar surface area (TPSA) is 105 Å². The van der Waals surface area contributed by atoms with Crippen LogP contribution in [0.4, 0.5) is 4.79 Å². The van der Waals surface area contributed by atoms with Gasteiger partial charge in [0, 0.05) is 6.54 Å². The first-order valence-corrected chi connectivity index (χ1v) is 8.39. The molecule has 7 heteroatoms. The molecule has 26 heavy (non-hydrogen) atoms. The van der Waals surface area contributed by atoms with Gasteiger partial charge in [-0.15, -0.1) is 6.58 Å². The number of esters is 1. The normalized spacial score (nSPS) is 10.5. The Bertz CT molecular complexity index is 695. The highest BCUT2D eigenvalue weighted by atomic mass is 16.5. The zero-order valence-electron chi connectivity index (χ0n) is 15.6. The Balaban J connectivity index is 2.85. The Morgan fingerprint density at radius 2 is 1.85 bits per heavy atom. The number of aromatic hydroxyl groups is 1. The second-order valence-corrected chi connectivity index (χ2v) is 6.44. The predicted octanol–water partition coefficient (Wildman–Crippen LogP) is 2.81. The average Bonchev–Trinajstić information content (AvgIpc) is 2.57. The first-order valence-electron chi connectivity index (χ1n) is 8.39. The molecule has 0 unspecified atom stereocenters. The van der Waals surface area contributed by atoms with Crippen LogP contribution in [0.1, 0.15) is 61.0 Å². The summed E-state index contributed by atoms with van der Waals surface area (Å²) in [6.07, 6.45) is 1.46. The van der Waals surface area contributed by atoms with E-state index in [-0.39, 0.29) is 29.7 Å². The van der Waals surface area contributed by atoms with Gasteiger partial charge < -0.3 is 15.2 Å². The summed E-state index contributed by atoms with van der Waals surface area (Å²) in [4.78, 5) is 35.3. The van der Waals surface area contributed by atoms with Gasteiger partial charge in [-0.05, 0) is 29.0 Å². The van der Waals surface area contributed by atoms with E-state index in [1.54, 1.807) is 6.07 Å². The lowest BCUT2D eigenvalue weighted by molar-refractivity contribution is -0.123. The number of nitrogens with one attached hydrogen (secondary N) is 2. The van der Waals surface area contributed by atoms with Gasteiger partial charge in [0.05, 0.1) is 0 Å². The third-order valence-electron chi connectivity index (χ3n) is 3.66. The molecule has 1 aromatic carbocycles. The molecule has 0 spiro atoms. The van der Waals surface area contributed by atoms with Crippen LogP contribution in [0.5, 0.6) is 5.75 Å². The third kappa shape index (κ3) is 5.91. The number of phenolic OH excluding ortho intramolecular Hbond substituents is 1. The van der Waals surface area contributed by atoms with E-state index in [4.69, 9.17) is 4.74 Å². The van der Waals surface area contributed by atoms with Crippen LogP contribution in [0.3, 0.4) is 0 Å². The van der Waals surface area contributed by atoms with E-state index < -0.39 is 24.5 Å². The molecule has 3 N–H and O–H groups in total. The molecule has 0 bridgehead atoms. The van der Waals surface area contributed by atoms with Gasteiger partial charge in [0.1, 0.15) is 11.3 Å². The highest BCUT2D eigenvalue weighted by molar-refractivity contribution is 5.98. The van der Waals surface area contributed by atoms with Gasteiger partial charge in [-0.2, -0.15) is 0 Å². The summed E-state index contributed by atoms with van der Waals surface area (Å²) in [5.41, 5.74) is 1.52. The number of phenols is 1. The van der Waals surface area contributed by atoms with Gasteiger partial charge in [-0.25, -0.2) is 9.59 Å². The third-order valence-corrected chi connectivity index (χ3v) is 3.66. The molecule has 0 heterocycles. The van der Waals surface area contributed by atoms with Crippen molar-refractivity contribution in [3.05, 3.63) is 41.5 Å². The largest absolute Gasteiger partial charge is 0.507 e. The molecular weight excluding hydrogens is 336 g/mol. The maximum atomic E-state index is 12.3. The first-order chi connectivity index (χ1) is 12.2. The van der Waals surface area contributed by atoms with E-state index in [1.807, 2.05) is 39.1 Å². The number of carbonyl (C=O) groups excluding carboxylic acids is 3. The lowest BCUT2D eigenvalue weighted by Crippen LogP contribution is -2.41. The molecule has 0 atom stereocenters. The van der Waals surface area contributed by atoms with Gasteiger partial charge in [-0.3, -0.25) is 10.1 Å². The minimum absolute atomic E-state index is 0.00353. The molecule has 0 saturated heterocycles. The zero-order valence-corrected chi connectivity index (χ0v) is 15.6. The number of urea groups is 1. The van der Waals surface area contributed by atoms with Crippen molar-refractivity contribution in [1.29, 1.82) is 0 Å². The summed E-state index contributed by atoms with van der Waals surface area (Å²) in [6.45, 7) is 10.8. The highest BCUT2D eigenvalue weighted by Gasteiger charge is 2.21. The number of benzene rings is 1. The Hall–Kier alpha value is -2.83. The van der Waals surface area contributed by atoms with E-state index in [1.165, 1.54) is 6.08 Å². The van der Waals surface area contributed by atoms with Crippen LogP contribution in [0, 0.1) is 0 Å². The number of amides is 3. The SMILES string of the molecule is C=CCNC(=O)NC(=O)COC(=O)c1cc(C(C)C)cc(C(C)C)c1O. The summed E-state index contributed by atoms with van der Waals surface area (Å²) in [5.74, 6) is -1.59. The van der Waals surface area contributed by atoms with Crippen LogP contribution in [0.25, 0.3) is 0 Å². The van der Waals surface area contributed by atoms with Gasteiger partial charge in [0.2, 0.25) is 0 Å². The van der Waals surface area contributed by atoms with Crippen molar-refractivity contribution >= 4 is 17.9 Å². The standard InChI is InChI=1S/C19H26N2O5/c1-6-7-20-19(25)21-16(22)10-26-18(24)15-9-13(11(2)3)8-14(12(4)5)17(15)23/h6,8-9,11-12,23H,1,7,10H2,2-5H3,(H2,20,21,22,25). The van der Waals surface area contributed by atoms with Crippen LogP contribution in [0.15, 0.2) is 24.8 Å². The van der Waals surface area contributed by atoms with Crippen molar-refractivity contribution in [2.45, 2.75) is 39.5 Å². The second kappa shape index (κ2) is 9.60. The van der Waals surface area contributed by atoms with Crippen molar-refractivity contribution < 1.29 is 24.2 Å². The predicted molar refractivity (Wildman–Crippen MR) is 98.3 cm³/mol. The molecule has 0 aliphatic carbocycles. The Morgan fingerprint density at radius 3 is 2.38 bits per heavy atom. The molecule has 0 fully saturated rings. The van der Waals surface area contributed by atoms with E-state index in [2.05, 4.69) is 11.9 Å². The molecule has 0 aromatic heterocycles. The van der Waals surface area contributed by atoms with E-state index >= 15 is 0 Å². The summed E-state index contributed by atoms with van der Waals surface area (Å²) < 4.78 is 4.93. The molecule has 7 nitrogen and oxygen atoms in total. The van der Waals surface area contributed by atoms with Gasteiger partial charge in [0.25, 0.3) is 5.91 Å². The van der Waals surface area contributed by atoms with Crippen LogP contribution < -0.4 is 10.6 Å². The van der Waals surface area contributed by atoms with E-state index in [0.717, 1.165) is 5.56 Å². The van der Waals surface area contributed by atoms with Crippen molar-refractivity contribution in [2.24, 2.45) is 0 Å². The quantitative estimate of drug-likeness (QED) is 0.511. The molecular formula is C19H26N2O5. The van der Waals surface area contributed by atoms with E-state index in [0.29, 0.717) is 5.56 Å². The number of carbonyl (C=O) groups is 3. The molecule has 142 valence electrons. The smallest absolute Gasteiger partial charge is 0.342 e. The van der Waals surface area contributed by atoms with Crippen molar-refractivity contribution in [3.8, 4) is 5.75 Å². The lowest BCUT2D eigenvalue weighted by Gasteiger charge is -2.16. The minimum Gasteiger partial charge on any atom is -0.507 e. The maximum absolute atomic E-state index is 12.3. The zero-order chi connectivity index (χ0) is 19.9. The van der Waals surface area contributed by atoms with Crippen molar-refractivity contribution in [1.82, 2.24) is 10.6 Å². The Morgan fingerprint density at radius 1 is 1.19 bits per heavy atom. The minimum atomic E-state index is -0.825. The molecule has 0 saturated carbocycles. The second-order valence-electron chi connectivity index (χ2n) is 6.44. The lowest BCUT2D eigenvalue weighted by atomic mass is 9.92. The van der Waals surface area contributed by atoms with Crippen LogP contribution in [-0.4, -0.2) is 36.2 Å². The summed E-state index contributed by atoms with van der Waals surface area (Å²) in [7, 11) is 0. The van der Waals surface area contributed by atoms with Crippen molar-refractivity contribution in [3.63, 3.8) is 0 Å². The fourth-order valence-electron chi connectivity index (χ4n) is 2.19. The highest BCUT2D eigenvalue weighted by Crippen LogP contribution is 2.33. The number of rotatable bonds is 7. The number of ether oxygens (including phenoxy) is 1. The molecule has 1 aromatic rings. The fourth-order valence-corrected chi connectivity index (χ4v) is 2.19. The number of imide groups is 1. The van der Waals surface area contributed by atoms with Crippen LogP contribution in [0.2, 0.25) is 0 Å². The van der Waals surface area contributed by atoms with Gasteiger partial charge in [-0.1, -0.05) is 39.8 Å². The molecule has 3 amide bonds. The summed E-state index contributed by atoms with van der Waals surface area (Å²) >= 11 is 0. The summed E-state index contributed by atoms with van der Waals surface area (Å²) in [6, 6.07) is 2.71. The van der Waals surface area contributed by atoms with Gasteiger partial charge >= 0.3 is 12.0 Å². The molecule has 0 aliphatic rings. The molecule has 0 aliphatic heterocycles. The molecule has 0 radical (unpaired) electrons. The number of hydrogen-bond donors (Lipinski definition) is 3. The first kappa shape index (κ1) is 21.2. The monoisotopic (exact) mass is 362 g/mol. The molecule has 1 rings (SSSR count). The van der Waals surface area contributed by atoms with Crippen LogP contribution >= 0.6 is 0 Å². The van der Waals surface area contributed by atoms with E-state index in [9.17, 15) is 19.5 Å². The van der Waals surface area contributed by atoms with Gasteiger partial charge in [0.15, 0.2) is 6.61 Å². The van der Waals surface area contributed by atoms with Crippen molar-refractivity contribution in [2.75, 3.05) is 13.2 Å². The Labute approximate surface area is 153 Å². The fraction of sp³-hybridized carbons (Fsp3) is 0.421. The maximum Gasteiger partial charge on any atom is 0.342 e. The summed E-state index contributed by atoms with van der Waals surface area (Å²) in [5, 5.41) is 14.7.